The summed E-state index contributed by atoms with van der Waals surface area (Å²) < 4.78 is 13.9. The van der Waals surface area contributed by atoms with Crippen molar-refractivity contribution in [2.45, 2.75) is 39.4 Å². The molecule has 150 valence electrons. The van der Waals surface area contributed by atoms with Gasteiger partial charge in [0.1, 0.15) is 12.0 Å². The largest absolute Gasteiger partial charge is 0.486 e. The lowest BCUT2D eigenvalue weighted by Crippen LogP contribution is -2.31. The molecular weight excluding hydrogens is 372 g/mol. The van der Waals surface area contributed by atoms with E-state index in [1.807, 2.05) is 0 Å². The summed E-state index contributed by atoms with van der Waals surface area (Å²) in [6.07, 6.45) is 5.83. The molecule has 0 atom stereocenters. The molecule has 0 radical (unpaired) electrons. The number of benzene rings is 1. The molecule has 1 aromatic heterocycles. The zero-order valence-corrected chi connectivity index (χ0v) is 17.5. The maximum Gasteiger partial charge on any atom is 0.227 e. The minimum absolute atomic E-state index is 0.0876. The van der Waals surface area contributed by atoms with Gasteiger partial charge in [-0.25, -0.2) is 0 Å². The molecule has 0 N–H and O–H groups in total. The van der Waals surface area contributed by atoms with Gasteiger partial charge in [0.2, 0.25) is 11.2 Å². The highest BCUT2D eigenvalue weighted by molar-refractivity contribution is 7.96. The summed E-state index contributed by atoms with van der Waals surface area (Å²) >= 11 is 1.80. The minimum Gasteiger partial charge on any atom is -0.486 e. The molecule has 1 saturated heterocycles. The van der Waals surface area contributed by atoms with Gasteiger partial charge < -0.3 is 9.15 Å². The van der Waals surface area contributed by atoms with Crippen LogP contribution in [-0.4, -0.2) is 35.2 Å². The van der Waals surface area contributed by atoms with Gasteiger partial charge in [-0.15, -0.1) is 0 Å². The lowest BCUT2D eigenvalue weighted by atomic mass is 9.99. The highest BCUT2D eigenvalue weighted by Gasteiger charge is 2.21. The Morgan fingerprint density at radius 3 is 2.71 bits per heavy atom. The van der Waals surface area contributed by atoms with Crippen LogP contribution >= 0.6 is 11.9 Å². The number of fused-ring (bicyclic) bond motifs is 1. The van der Waals surface area contributed by atoms with Crippen molar-refractivity contribution in [3.8, 4) is 5.75 Å². The molecule has 5 nitrogen and oxygen atoms in total. The molecule has 0 unspecified atom stereocenters. The van der Waals surface area contributed by atoms with Crippen molar-refractivity contribution in [1.29, 1.82) is 0 Å². The molecule has 2 aliphatic heterocycles. The van der Waals surface area contributed by atoms with Crippen molar-refractivity contribution in [2.24, 2.45) is 5.92 Å². The number of nitrogens with zero attached hydrogens (tertiary/aromatic N) is 2. The second-order valence-corrected chi connectivity index (χ2v) is 8.74. The molecule has 1 fully saturated rings. The van der Waals surface area contributed by atoms with E-state index in [0.717, 1.165) is 39.0 Å². The summed E-state index contributed by atoms with van der Waals surface area (Å²) in [5.41, 5.74) is 3.93. The van der Waals surface area contributed by atoms with E-state index in [1.165, 1.54) is 23.0 Å². The first kappa shape index (κ1) is 19.6. The van der Waals surface area contributed by atoms with Gasteiger partial charge in [0, 0.05) is 32.2 Å². The topological polar surface area (TPSA) is 45.9 Å². The Bertz CT molecular complexity index is 874. The predicted octanol–water partition coefficient (Wildman–Crippen LogP) is 3.83. The standard InChI is InChI=1S/C22H28N2O3S/c1-16-3-4-18-11-23(12-19(18)9-16)13-20-10-21(25)22(15-26-20)27-14-17-5-7-24(28-2)8-6-17/h3-4,9-10,15,17H,5-8,11-14H2,1-2H3. The van der Waals surface area contributed by atoms with Crippen LogP contribution in [0.1, 0.15) is 35.3 Å². The van der Waals surface area contributed by atoms with E-state index < -0.39 is 0 Å². The van der Waals surface area contributed by atoms with Crippen LogP contribution in [0.25, 0.3) is 0 Å². The average molecular weight is 401 g/mol. The van der Waals surface area contributed by atoms with Crippen molar-refractivity contribution in [3.05, 3.63) is 63.2 Å². The van der Waals surface area contributed by atoms with Crippen LogP contribution in [-0.2, 0) is 19.6 Å². The lowest BCUT2D eigenvalue weighted by Gasteiger charge is -2.29. The Kier molecular flexibility index (Phi) is 6.09. The molecule has 0 amide bonds. The second kappa shape index (κ2) is 8.72. The Morgan fingerprint density at radius 1 is 1.18 bits per heavy atom. The molecule has 2 aliphatic rings. The van der Waals surface area contributed by atoms with Crippen LogP contribution < -0.4 is 10.2 Å². The zero-order valence-electron chi connectivity index (χ0n) is 16.6. The van der Waals surface area contributed by atoms with E-state index >= 15 is 0 Å². The number of rotatable bonds is 6. The summed E-state index contributed by atoms with van der Waals surface area (Å²) in [7, 11) is 0. The van der Waals surface area contributed by atoms with Crippen LogP contribution in [0.5, 0.6) is 5.75 Å². The monoisotopic (exact) mass is 400 g/mol. The van der Waals surface area contributed by atoms with Crippen LogP contribution in [0.2, 0.25) is 0 Å². The van der Waals surface area contributed by atoms with Gasteiger partial charge in [0.05, 0.1) is 13.2 Å². The van der Waals surface area contributed by atoms with E-state index in [1.54, 1.807) is 18.0 Å². The van der Waals surface area contributed by atoms with E-state index in [0.29, 0.717) is 30.6 Å². The summed E-state index contributed by atoms with van der Waals surface area (Å²) in [6.45, 7) is 7.30. The van der Waals surface area contributed by atoms with E-state index in [2.05, 4.69) is 40.6 Å². The van der Waals surface area contributed by atoms with Crippen molar-refractivity contribution in [1.82, 2.24) is 9.21 Å². The van der Waals surface area contributed by atoms with Crippen LogP contribution in [0.4, 0.5) is 0 Å². The normalized spacial score (nSPS) is 18.4. The summed E-state index contributed by atoms with van der Waals surface area (Å²) in [5.74, 6) is 1.53. The smallest absolute Gasteiger partial charge is 0.227 e. The average Bonchev–Trinajstić information content (AvgIpc) is 3.09. The molecule has 4 rings (SSSR count). The molecule has 3 heterocycles. The first-order valence-electron chi connectivity index (χ1n) is 9.95. The van der Waals surface area contributed by atoms with Gasteiger partial charge in [-0.2, -0.15) is 0 Å². The maximum atomic E-state index is 12.4. The van der Waals surface area contributed by atoms with Gasteiger partial charge in [0.25, 0.3) is 0 Å². The van der Waals surface area contributed by atoms with Gasteiger partial charge in [-0.3, -0.25) is 14.0 Å². The third-order valence-electron chi connectivity index (χ3n) is 5.69. The molecular formula is C22H28N2O3S. The third-order valence-corrected chi connectivity index (χ3v) is 6.57. The Hall–Kier alpha value is -1.76. The Morgan fingerprint density at radius 2 is 1.96 bits per heavy atom. The minimum atomic E-state index is -0.0876. The molecule has 2 aromatic rings. The van der Waals surface area contributed by atoms with Crippen LogP contribution in [0.15, 0.2) is 39.7 Å². The molecule has 28 heavy (non-hydrogen) atoms. The van der Waals surface area contributed by atoms with Crippen molar-refractivity contribution in [2.75, 3.05) is 26.0 Å². The summed E-state index contributed by atoms with van der Waals surface area (Å²) in [6, 6.07) is 8.17. The van der Waals surface area contributed by atoms with Gasteiger partial charge in [0.15, 0.2) is 0 Å². The number of piperidine rings is 1. The molecule has 6 heteroatoms. The fourth-order valence-corrected chi connectivity index (χ4v) is 4.59. The highest BCUT2D eigenvalue weighted by atomic mass is 32.2. The molecule has 0 bridgehead atoms. The lowest BCUT2D eigenvalue weighted by molar-refractivity contribution is 0.184. The number of hydrogen-bond donors (Lipinski definition) is 0. The van der Waals surface area contributed by atoms with E-state index in [-0.39, 0.29) is 5.43 Å². The Balaban J connectivity index is 1.31. The zero-order chi connectivity index (χ0) is 19.5. The van der Waals surface area contributed by atoms with Crippen LogP contribution in [0, 0.1) is 12.8 Å². The predicted molar refractivity (Wildman–Crippen MR) is 112 cm³/mol. The quantitative estimate of drug-likeness (QED) is 0.687. The number of aryl methyl sites for hydroxylation is 1. The van der Waals surface area contributed by atoms with Crippen molar-refractivity contribution < 1.29 is 9.15 Å². The highest BCUT2D eigenvalue weighted by Crippen LogP contribution is 2.25. The van der Waals surface area contributed by atoms with Crippen LogP contribution in [0.3, 0.4) is 0 Å². The molecule has 1 aromatic carbocycles. The molecule has 0 aliphatic carbocycles. The van der Waals surface area contributed by atoms with E-state index in [9.17, 15) is 4.79 Å². The van der Waals surface area contributed by atoms with E-state index in [4.69, 9.17) is 9.15 Å². The van der Waals surface area contributed by atoms with Gasteiger partial charge in [-0.1, -0.05) is 35.7 Å². The van der Waals surface area contributed by atoms with Crippen molar-refractivity contribution >= 4 is 11.9 Å². The third kappa shape index (κ3) is 4.62. The number of ether oxygens (including phenoxy) is 1. The second-order valence-electron chi connectivity index (χ2n) is 7.86. The van der Waals surface area contributed by atoms with Crippen molar-refractivity contribution in [3.63, 3.8) is 0 Å². The SMILES string of the molecule is CSN1CCC(COc2coc(CN3Cc4ccc(C)cc4C3)cc2=O)CC1. The fraction of sp³-hybridized carbons (Fsp3) is 0.500. The number of hydrogen-bond acceptors (Lipinski definition) is 6. The molecule has 0 spiro atoms. The van der Waals surface area contributed by atoms with Gasteiger partial charge >= 0.3 is 0 Å². The fourth-order valence-electron chi connectivity index (χ4n) is 4.02. The first-order valence-corrected chi connectivity index (χ1v) is 11.1. The maximum absolute atomic E-state index is 12.4. The van der Waals surface area contributed by atoms with Gasteiger partial charge in [-0.05, 0) is 43.1 Å². The summed E-state index contributed by atoms with van der Waals surface area (Å²) in [4.78, 5) is 14.7. The first-order chi connectivity index (χ1) is 13.6. The summed E-state index contributed by atoms with van der Waals surface area (Å²) in [5, 5.41) is 0. The Labute approximate surface area is 170 Å². The molecule has 0 saturated carbocycles.